The molecule has 0 spiro atoms. The number of rotatable bonds is 3. The fraction of sp³-hybridized carbons (Fsp3) is 0.211. The Balaban J connectivity index is 1.95. The van der Waals surface area contributed by atoms with Gasteiger partial charge in [-0.2, -0.15) is 5.26 Å². The molecule has 0 N–H and O–H groups in total. The lowest BCUT2D eigenvalue weighted by molar-refractivity contribution is 0.861. The van der Waals surface area contributed by atoms with Crippen LogP contribution in [0.3, 0.4) is 0 Å². The molecule has 0 aliphatic heterocycles. The molecular weight excluding hydrogens is 330 g/mol. The van der Waals surface area contributed by atoms with E-state index in [1.165, 1.54) is 0 Å². The highest BCUT2D eigenvalue weighted by Gasteiger charge is 2.17. The molecule has 0 amide bonds. The van der Waals surface area contributed by atoms with Crippen molar-refractivity contribution in [3.05, 3.63) is 57.5 Å². The first-order valence-electron chi connectivity index (χ1n) is 8.01. The fourth-order valence-corrected chi connectivity index (χ4v) is 3.76. The van der Waals surface area contributed by atoms with Gasteiger partial charge in [0.05, 0.1) is 33.8 Å². The van der Waals surface area contributed by atoms with Crippen molar-refractivity contribution >= 4 is 33.8 Å². The van der Waals surface area contributed by atoms with Crippen molar-refractivity contribution in [2.24, 2.45) is 0 Å². The molecule has 0 saturated heterocycles. The summed E-state index contributed by atoms with van der Waals surface area (Å²) in [5.74, 6) is 1.01. The monoisotopic (exact) mass is 347 g/mol. The molecule has 0 atom stereocenters. The molecule has 124 valence electrons. The van der Waals surface area contributed by atoms with Gasteiger partial charge < -0.3 is 4.90 Å². The molecule has 0 radical (unpaired) electrons. The van der Waals surface area contributed by atoms with Gasteiger partial charge in [-0.05, 0) is 37.6 Å². The Labute approximate surface area is 149 Å². The van der Waals surface area contributed by atoms with Crippen LogP contribution in [-0.2, 0) is 6.54 Å². The second kappa shape index (κ2) is 5.87. The van der Waals surface area contributed by atoms with Crippen LogP contribution >= 0.6 is 11.3 Å². The van der Waals surface area contributed by atoms with Crippen LogP contribution in [-0.4, -0.2) is 21.4 Å². The summed E-state index contributed by atoms with van der Waals surface area (Å²) >= 11 is 1.66. The maximum absolute atomic E-state index is 9.58. The Morgan fingerprint density at radius 3 is 2.76 bits per heavy atom. The van der Waals surface area contributed by atoms with Crippen molar-refractivity contribution in [1.29, 1.82) is 5.26 Å². The van der Waals surface area contributed by atoms with E-state index in [-0.39, 0.29) is 0 Å². The largest absolute Gasteiger partial charge is 0.355 e. The normalized spacial score (nSPS) is 11.1. The van der Waals surface area contributed by atoms with Gasteiger partial charge in [0.2, 0.25) is 0 Å². The minimum atomic E-state index is 0.623. The predicted octanol–water partition coefficient (Wildman–Crippen LogP) is 4.07. The van der Waals surface area contributed by atoms with E-state index in [0.717, 1.165) is 33.1 Å². The smallest absolute Gasteiger partial charge is 0.157 e. The van der Waals surface area contributed by atoms with Crippen molar-refractivity contribution in [1.82, 2.24) is 14.4 Å². The van der Waals surface area contributed by atoms with E-state index in [2.05, 4.69) is 31.8 Å². The molecule has 4 aromatic rings. The van der Waals surface area contributed by atoms with E-state index in [1.54, 1.807) is 11.3 Å². The maximum Gasteiger partial charge on any atom is 0.157 e. The first-order chi connectivity index (χ1) is 12.1. The highest BCUT2D eigenvalue weighted by molar-refractivity contribution is 7.09. The van der Waals surface area contributed by atoms with Gasteiger partial charge in [0, 0.05) is 12.4 Å². The molecule has 0 aliphatic carbocycles. The second-order valence-electron chi connectivity index (χ2n) is 6.15. The number of aryl methyl sites for hydroxylation is 2. The molecule has 0 saturated carbocycles. The third kappa shape index (κ3) is 2.53. The van der Waals surface area contributed by atoms with E-state index >= 15 is 0 Å². The molecule has 25 heavy (non-hydrogen) atoms. The molecular formula is C19H17N5S. The Morgan fingerprint density at radius 1 is 1.24 bits per heavy atom. The van der Waals surface area contributed by atoms with E-state index in [1.807, 2.05) is 45.2 Å². The third-order valence-electron chi connectivity index (χ3n) is 4.32. The molecule has 4 rings (SSSR count). The quantitative estimate of drug-likeness (QED) is 0.560. The standard InChI is InChI=1S/C19H17N5S/c1-12-8-18(23(3)10-14-11-25-13(2)21-14)24-17-7-5-4-6-16(17)22-19(24)15(12)9-20/h4-8,11H,10H2,1-3H3. The van der Waals surface area contributed by atoms with Gasteiger partial charge >= 0.3 is 0 Å². The zero-order chi connectivity index (χ0) is 17.6. The molecule has 1 aromatic carbocycles. The molecule has 3 aromatic heterocycles. The number of hydrogen-bond donors (Lipinski definition) is 0. The summed E-state index contributed by atoms with van der Waals surface area (Å²) in [7, 11) is 2.05. The molecule has 0 unspecified atom stereocenters. The number of nitrogens with zero attached hydrogens (tertiary/aromatic N) is 5. The van der Waals surface area contributed by atoms with Crippen molar-refractivity contribution in [3.8, 4) is 6.07 Å². The summed E-state index contributed by atoms with van der Waals surface area (Å²) in [6, 6.07) is 12.3. The second-order valence-corrected chi connectivity index (χ2v) is 7.21. The first-order valence-corrected chi connectivity index (χ1v) is 8.89. The Morgan fingerprint density at radius 2 is 2.04 bits per heavy atom. The summed E-state index contributed by atoms with van der Waals surface area (Å²) in [5.41, 5.74) is 5.21. The van der Waals surface area contributed by atoms with Crippen LogP contribution in [0.1, 0.15) is 21.8 Å². The van der Waals surface area contributed by atoms with Crippen LogP contribution in [0, 0.1) is 25.2 Å². The lowest BCUT2D eigenvalue weighted by Crippen LogP contribution is -2.20. The van der Waals surface area contributed by atoms with Crippen LogP contribution in [0.15, 0.2) is 35.7 Å². The minimum absolute atomic E-state index is 0.623. The van der Waals surface area contributed by atoms with Crippen LogP contribution in [0.5, 0.6) is 0 Å². The van der Waals surface area contributed by atoms with Gasteiger partial charge in [-0.1, -0.05) is 12.1 Å². The summed E-state index contributed by atoms with van der Waals surface area (Å²) in [4.78, 5) is 11.4. The highest BCUT2D eigenvalue weighted by Crippen LogP contribution is 2.29. The molecule has 0 bridgehead atoms. The SMILES string of the molecule is Cc1nc(CN(C)c2cc(C)c(C#N)c3nc4ccccc4n23)cs1. The number of nitriles is 1. The number of imidazole rings is 1. The lowest BCUT2D eigenvalue weighted by Gasteiger charge is -2.21. The van der Waals surface area contributed by atoms with Gasteiger partial charge in [-0.3, -0.25) is 4.40 Å². The van der Waals surface area contributed by atoms with Crippen LogP contribution in [0.2, 0.25) is 0 Å². The summed E-state index contributed by atoms with van der Waals surface area (Å²) < 4.78 is 2.07. The number of aromatic nitrogens is 3. The molecule has 0 fully saturated rings. The number of benzene rings is 1. The zero-order valence-electron chi connectivity index (χ0n) is 14.3. The van der Waals surface area contributed by atoms with Crippen molar-refractivity contribution in [2.45, 2.75) is 20.4 Å². The number of pyridine rings is 1. The fourth-order valence-electron chi connectivity index (χ4n) is 3.16. The van der Waals surface area contributed by atoms with Crippen LogP contribution in [0.25, 0.3) is 16.7 Å². The zero-order valence-corrected chi connectivity index (χ0v) is 15.1. The Bertz CT molecular complexity index is 1130. The summed E-state index contributed by atoms with van der Waals surface area (Å²) in [6.07, 6.45) is 0. The van der Waals surface area contributed by atoms with Gasteiger partial charge in [0.25, 0.3) is 0 Å². The van der Waals surface area contributed by atoms with Crippen LogP contribution in [0.4, 0.5) is 5.82 Å². The predicted molar refractivity (Wildman–Crippen MR) is 101 cm³/mol. The topological polar surface area (TPSA) is 57.2 Å². The number of fused-ring (bicyclic) bond motifs is 3. The number of hydrogen-bond acceptors (Lipinski definition) is 5. The van der Waals surface area contributed by atoms with Crippen molar-refractivity contribution in [3.63, 3.8) is 0 Å². The summed E-state index contributed by atoms with van der Waals surface area (Å²) in [5, 5.41) is 12.7. The first kappa shape index (κ1) is 15.6. The highest BCUT2D eigenvalue weighted by atomic mass is 32.1. The van der Waals surface area contributed by atoms with E-state index in [4.69, 9.17) is 4.98 Å². The molecule has 3 heterocycles. The molecule has 6 heteroatoms. The van der Waals surface area contributed by atoms with E-state index in [9.17, 15) is 5.26 Å². The molecule has 0 aliphatic rings. The van der Waals surface area contributed by atoms with E-state index in [0.29, 0.717) is 17.8 Å². The Hall–Kier alpha value is -2.91. The minimum Gasteiger partial charge on any atom is -0.355 e. The average Bonchev–Trinajstić information content (AvgIpc) is 3.17. The van der Waals surface area contributed by atoms with Crippen molar-refractivity contribution < 1.29 is 0 Å². The van der Waals surface area contributed by atoms with Crippen molar-refractivity contribution in [2.75, 3.05) is 11.9 Å². The average molecular weight is 347 g/mol. The number of thiazole rings is 1. The summed E-state index contributed by atoms with van der Waals surface area (Å²) in [6.45, 7) is 4.68. The lowest BCUT2D eigenvalue weighted by atomic mass is 10.1. The Kier molecular flexibility index (Phi) is 3.66. The van der Waals surface area contributed by atoms with E-state index < -0.39 is 0 Å². The number of para-hydroxylation sites is 2. The van der Waals surface area contributed by atoms with Gasteiger partial charge in [-0.25, -0.2) is 9.97 Å². The third-order valence-corrected chi connectivity index (χ3v) is 5.14. The number of anilines is 1. The van der Waals surface area contributed by atoms with Gasteiger partial charge in [0.15, 0.2) is 5.65 Å². The van der Waals surface area contributed by atoms with Crippen LogP contribution < -0.4 is 4.90 Å². The maximum atomic E-state index is 9.58. The van der Waals surface area contributed by atoms with Gasteiger partial charge in [-0.15, -0.1) is 11.3 Å². The van der Waals surface area contributed by atoms with Gasteiger partial charge in [0.1, 0.15) is 11.9 Å². The molecule has 5 nitrogen and oxygen atoms in total.